The number of pyridine rings is 1. The number of hydrogen-bond acceptors (Lipinski definition) is 3. The van der Waals surface area contributed by atoms with E-state index >= 15 is 0 Å². The highest BCUT2D eigenvalue weighted by molar-refractivity contribution is 5.79. The Morgan fingerprint density at radius 2 is 2.41 bits per heavy atom. The van der Waals surface area contributed by atoms with Crippen molar-refractivity contribution in [3.05, 3.63) is 30.1 Å². The SMILES string of the molecule is CC1CCN(C(=O)Cc2ccccn2)C1CO. The average Bonchev–Trinajstić information content (AvgIpc) is 2.71. The van der Waals surface area contributed by atoms with E-state index in [0.717, 1.165) is 18.7 Å². The van der Waals surface area contributed by atoms with Crippen LogP contribution in [0.25, 0.3) is 0 Å². The summed E-state index contributed by atoms with van der Waals surface area (Å²) in [5.74, 6) is 0.444. The molecule has 4 heteroatoms. The summed E-state index contributed by atoms with van der Waals surface area (Å²) in [6, 6.07) is 5.55. The lowest BCUT2D eigenvalue weighted by Gasteiger charge is -2.25. The van der Waals surface area contributed by atoms with Gasteiger partial charge in [-0.1, -0.05) is 13.0 Å². The molecule has 1 saturated heterocycles. The Morgan fingerprint density at radius 1 is 1.59 bits per heavy atom. The molecule has 92 valence electrons. The fourth-order valence-corrected chi connectivity index (χ4v) is 2.36. The average molecular weight is 234 g/mol. The van der Waals surface area contributed by atoms with E-state index in [4.69, 9.17) is 0 Å². The number of aliphatic hydroxyl groups excluding tert-OH is 1. The van der Waals surface area contributed by atoms with Crippen LogP contribution in [0.5, 0.6) is 0 Å². The Balaban J connectivity index is 2.01. The van der Waals surface area contributed by atoms with Crippen LogP contribution in [0.3, 0.4) is 0 Å². The van der Waals surface area contributed by atoms with Crippen molar-refractivity contribution in [2.45, 2.75) is 25.8 Å². The largest absolute Gasteiger partial charge is 0.394 e. The monoisotopic (exact) mass is 234 g/mol. The normalized spacial score (nSPS) is 24.0. The molecule has 1 fully saturated rings. The minimum Gasteiger partial charge on any atom is -0.394 e. The Morgan fingerprint density at radius 3 is 3.06 bits per heavy atom. The molecular weight excluding hydrogens is 216 g/mol. The summed E-state index contributed by atoms with van der Waals surface area (Å²) >= 11 is 0. The van der Waals surface area contributed by atoms with Gasteiger partial charge in [0.1, 0.15) is 0 Å². The van der Waals surface area contributed by atoms with Crippen molar-refractivity contribution < 1.29 is 9.90 Å². The number of nitrogens with zero attached hydrogens (tertiary/aromatic N) is 2. The molecule has 2 rings (SSSR count). The van der Waals surface area contributed by atoms with E-state index in [1.165, 1.54) is 0 Å². The van der Waals surface area contributed by atoms with E-state index < -0.39 is 0 Å². The Bertz CT molecular complexity index is 380. The van der Waals surface area contributed by atoms with E-state index in [9.17, 15) is 9.90 Å². The van der Waals surface area contributed by atoms with Crippen molar-refractivity contribution in [3.8, 4) is 0 Å². The van der Waals surface area contributed by atoms with Crippen molar-refractivity contribution in [1.82, 2.24) is 9.88 Å². The van der Waals surface area contributed by atoms with Crippen molar-refractivity contribution in [2.75, 3.05) is 13.2 Å². The van der Waals surface area contributed by atoms with Gasteiger partial charge in [-0.05, 0) is 24.5 Å². The summed E-state index contributed by atoms with van der Waals surface area (Å²) in [7, 11) is 0. The summed E-state index contributed by atoms with van der Waals surface area (Å²) in [5, 5.41) is 9.31. The number of aromatic nitrogens is 1. The molecular formula is C13H18N2O2. The van der Waals surface area contributed by atoms with Crippen molar-refractivity contribution in [2.24, 2.45) is 5.92 Å². The lowest BCUT2D eigenvalue weighted by Crippen LogP contribution is -2.40. The summed E-state index contributed by atoms with van der Waals surface area (Å²) in [6.45, 7) is 2.88. The molecule has 0 aliphatic carbocycles. The molecule has 0 radical (unpaired) electrons. The first kappa shape index (κ1) is 12.0. The van der Waals surface area contributed by atoms with Gasteiger partial charge >= 0.3 is 0 Å². The first-order valence-electron chi connectivity index (χ1n) is 6.02. The number of carbonyl (C=O) groups is 1. The lowest BCUT2D eigenvalue weighted by molar-refractivity contribution is -0.132. The zero-order chi connectivity index (χ0) is 12.3. The van der Waals surface area contributed by atoms with E-state index in [1.807, 2.05) is 18.2 Å². The quantitative estimate of drug-likeness (QED) is 0.843. The van der Waals surface area contributed by atoms with Crippen molar-refractivity contribution in [3.63, 3.8) is 0 Å². The minimum absolute atomic E-state index is 0.0220. The third-order valence-electron chi connectivity index (χ3n) is 3.45. The highest BCUT2D eigenvalue weighted by Gasteiger charge is 2.33. The van der Waals surface area contributed by atoms with Gasteiger partial charge in [-0.15, -0.1) is 0 Å². The number of likely N-dealkylation sites (tertiary alicyclic amines) is 1. The van der Waals surface area contributed by atoms with Crippen LogP contribution in [0.2, 0.25) is 0 Å². The third kappa shape index (κ3) is 2.64. The topological polar surface area (TPSA) is 53.4 Å². The van der Waals surface area contributed by atoms with E-state index in [1.54, 1.807) is 11.1 Å². The van der Waals surface area contributed by atoms with Crippen LogP contribution in [0.1, 0.15) is 19.0 Å². The molecule has 0 saturated carbocycles. The van der Waals surface area contributed by atoms with Crippen LogP contribution in [-0.2, 0) is 11.2 Å². The minimum atomic E-state index is -0.0220. The maximum atomic E-state index is 12.1. The van der Waals surface area contributed by atoms with E-state index in [-0.39, 0.29) is 18.6 Å². The number of hydrogen-bond donors (Lipinski definition) is 1. The molecule has 1 N–H and O–H groups in total. The van der Waals surface area contributed by atoms with Crippen molar-refractivity contribution in [1.29, 1.82) is 0 Å². The molecule has 1 aliphatic heterocycles. The van der Waals surface area contributed by atoms with Gasteiger partial charge in [0.25, 0.3) is 0 Å². The maximum Gasteiger partial charge on any atom is 0.228 e. The molecule has 0 spiro atoms. The van der Waals surface area contributed by atoms with Gasteiger partial charge in [0, 0.05) is 18.4 Å². The number of aliphatic hydroxyl groups is 1. The number of carbonyl (C=O) groups excluding carboxylic acids is 1. The van der Waals surface area contributed by atoms with Crippen molar-refractivity contribution >= 4 is 5.91 Å². The molecule has 2 unspecified atom stereocenters. The van der Waals surface area contributed by atoms with Crippen LogP contribution in [0, 0.1) is 5.92 Å². The number of amides is 1. The zero-order valence-corrected chi connectivity index (χ0v) is 10.0. The van der Waals surface area contributed by atoms with Crippen LogP contribution >= 0.6 is 0 Å². The summed E-state index contributed by atoms with van der Waals surface area (Å²) in [4.78, 5) is 18.0. The van der Waals surface area contributed by atoms with Crippen LogP contribution < -0.4 is 0 Å². The lowest BCUT2D eigenvalue weighted by atomic mass is 10.0. The zero-order valence-electron chi connectivity index (χ0n) is 10.0. The standard InChI is InChI=1S/C13H18N2O2/c1-10-5-7-15(12(10)9-16)13(17)8-11-4-2-3-6-14-11/h2-4,6,10,12,16H,5,7-9H2,1H3. The fraction of sp³-hybridized carbons (Fsp3) is 0.538. The summed E-state index contributed by atoms with van der Waals surface area (Å²) in [5.41, 5.74) is 0.786. The molecule has 2 heterocycles. The molecule has 17 heavy (non-hydrogen) atoms. The second-order valence-electron chi connectivity index (χ2n) is 4.60. The first-order valence-corrected chi connectivity index (χ1v) is 6.02. The fourth-order valence-electron chi connectivity index (χ4n) is 2.36. The molecule has 1 aromatic rings. The van der Waals surface area contributed by atoms with Gasteiger partial charge in [-0.2, -0.15) is 0 Å². The van der Waals surface area contributed by atoms with Gasteiger partial charge in [0.05, 0.1) is 19.1 Å². The maximum absolute atomic E-state index is 12.1. The molecule has 2 atom stereocenters. The van der Waals surface area contributed by atoms with Crippen LogP contribution in [0.15, 0.2) is 24.4 Å². The third-order valence-corrected chi connectivity index (χ3v) is 3.45. The molecule has 1 aromatic heterocycles. The van der Waals surface area contributed by atoms with E-state index in [2.05, 4.69) is 11.9 Å². The smallest absolute Gasteiger partial charge is 0.228 e. The van der Waals surface area contributed by atoms with Gasteiger partial charge in [-0.25, -0.2) is 0 Å². The second-order valence-corrected chi connectivity index (χ2v) is 4.60. The van der Waals surface area contributed by atoms with Crippen LogP contribution in [0.4, 0.5) is 0 Å². The molecule has 0 aromatic carbocycles. The van der Waals surface area contributed by atoms with Gasteiger partial charge < -0.3 is 10.0 Å². The molecule has 1 aliphatic rings. The van der Waals surface area contributed by atoms with Gasteiger partial charge in [0.2, 0.25) is 5.91 Å². The Kier molecular flexibility index (Phi) is 3.74. The van der Waals surface area contributed by atoms with Crippen LogP contribution in [-0.4, -0.2) is 40.1 Å². The Hall–Kier alpha value is -1.42. The predicted octanol–water partition coefficient (Wildman–Crippen LogP) is 0.853. The summed E-state index contributed by atoms with van der Waals surface area (Å²) < 4.78 is 0. The molecule has 0 bridgehead atoms. The highest BCUT2D eigenvalue weighted by atomic mass is 16.3. The summed E-state index contributed by atoms with van der Waals surface area (Å²) in [6.07, 6.45) is 2.99. The second kappa shape index (κ2) is 5.27. The highest BCUT2D eigenvalue weighted by Crippen LogP contribution is 2.24. The number of rotatable bonds is 3. The molecule has 4 nitrogen and oxygen atoms in total. The van der Waals surface area contributed by atoms with Gasteiger partial charge in [0.15, 0.2) is 0 Å². The Labute approximate surface area is 101 Å². The van der Waals surface area contributed by atoms with E-state index in [0.29, 0.717) is 12.3 Å². The molecule has 1 amide bonds. The van der Waals surface area contributed by atoms with Gasteiger partial charge in [-0.3, -0.25) is 9.78 Å². The first-order chi connectivity index (χ1) is 8.22. The predicted molar refractivity (Wildman–Crippen MR) is 64.3 cm³/mol.